The summed E-state index contributed by atoms with van der Waals surface area (Å²) in [6.45, 7) is 6.76. The Morgan fingerprint density at radius 3 is 2.59 bits per heavy atom. The van der Waals surface area contributed by atoms with Crippen LogP contribution < -0.4 is 15.5 Å². The maximum absolute atomic E-state index is 14.6. The number of carbonyl (C=O) groups excluding carboxylic acids is 1. The van der Waals surface area contributed by atoms with Crippen LogP contribution in [0.25, 0.3) is 5.65 Å². The minimum atomic E-state index is -4.84. The lowest BCUT2D eigenvalue weighted by atomic mass is 10.0. The number of halogens is 4. The molecule has 3 heterocycles. The number of carbonyl (C=O) groups is 1. The van der Waals surface area contributed by atoms with Crippen molar-refractivity contribution in [3.63, 3.8) is 0 Å². The van der Waals surface area contributed by atoms with Gasteiger partial charge in [-0.1, -0.05) is 12.1 Å². The standard InChI is InChI=1S/C25H30F4N6O2/c1-15(18-5-4-6-19(21(18)26)25(27,28)29)33-23(36)16-11-20(22-31-14-32-35(22)12-16)34-9-7-17(8-10-34)30-13-24(2,3)37/h4-6,11-12,14-15,17,30,37H,7-10,13H2,1-3H3,(H,33,36)/t15-/m1/s1. The molecule has 1 saturated heterocycles. The van der Waals surface area contributed by atoms with E-state index in [0.29, 0.717) is 37.0 Å². The summed E-state index contributed by atoms with van der Waals surface area (Å²) >= 11 is 0. The second-order valence-corrected chi connectivity index (χ2v) is 10.00. The predicted octanol–water partition coefficient (Wildman–Crippen LogP) is 3.71. The molecule has 8 nitrogen and oxygen atoms in total. The first-order chi connectivity index (χ1) is 17.3. The molecule has 12 heteroatoms. The Kier molecular flexibility index (Phi) is 7.43. The molecule has 2 aromatic heterocycles. The van der Waals surface area contributed by atoms with E-state index in [9.17, 15) is 27.5 Å². The van der Waals surface area contributed by atoms with Gasteiger partial charge in [-0.15, -0.1) is 0 Å². The Balaban J connectivity index is 1.51. The highest BCUT2D eigenvalue weighted by Crippen LogP contribution is 2.34. The second kappa shape index (κ2) is 10.3. The third kappa shape index (κ3) is 6.19. The molecule has 1 amide bonds. The van der Waals surface area contributed by atoms with E-state index in [-0.39, 0.29) is 17.2 Å². The van der Waals surface area contributed by atoms with Crippen molar-refractivity contribution < 1.29 is 27.5 Å². The lowest BCUT2D eigenvalue weighted by molar-refractivity contribution is -0.140. The normalized spacial score (nSPS) is 16.3. The maximum Gasteiger partial charge on any atom is 0.419 e. The van der Waals surface area contributed by atoms with E-state index in [1.165, 1.54) is 30.0 Å². The maximum atomic E-state index is 14.6. The Labute approximate surface area is 211 Å². The topological polar surface area (TPSA) is 94.8 Å². The average Bonchev–Trinajstić information content (AvgIpc) is 3.30. The Hall–Kier alpha value is -3.25. The molecular formula is C25H30F4N6O2. The molecule has 37 heavy (non-hydrogen) atoms. The van der Waals surface area contributed by atoms with Gasteiger partial charge in [0.15, 0.2) is 5.65 Å². The van der Waals surface area contributed by atoms with Crippen LogP contribution in [0.3, 0.4) is 0 Å². The molecule has 3 aromatic rings. The van der Waals surface area contributed by atoms with Crippen LogP contribution in [0.5, 0.6) is 0 Å². The fourth-order valence-corrected chi connectivity index (χ4v) is 4.45. The van der Waals surface area contributed by atoms with Gasteiger partial charge in [0.25, 0.3) is 5.91 Å². The van der Waals surface area contributed by atoms with Gasteiger partial charge in [-0.25, -0.2) is 13.9 Å². The van der Waals surface area contributed by atoms with E-state index in [1.54, 1.807) is 19.9 Å². The fourth-order valence-electron chi connectivity index (χ4n) is 4.45. The van der Waals surface area contributed by atoms with Gasteiger partial charge in [0, 0.05) is 37.4 Å². The number of benzene rings is 1. The van der Waals surface area contributed by atoms with Crippen molar-refractivity contribution in [3.05, 3.63) is 59.3 Å². The van der Waals surface area contributed by atoms with Crippen molar-refractivity contribution >= 4 is 17.2 Å². The third-order valence-corrected chi connectivity index (χ3v) is 6.43. The molecule has 1 aliphatic rings. The number of fused-ring (bicyclic) bond motifs is 1. The molecule has 0 radical (unpaired) electrons. The smallest absolute Gasteiger partial charge is 0.389 e. The minimum Gasteiger partial charge on any atom is -0.389 e. The van der Waals surface area contributed by atoms with Crippen LogP contribution in [0.4, 0.5) is 23.2 Å². The first-order valence-corrected chi connectivity index (χ1v) is 12.0. The highest BCUT2D eigenvalue weighted by Gasteiger charge is 2.35. The number of hydrogen-bond donors (Lipinski definition) is 3. The summed E-state index contributed by atoms with van der Waals surface area (Å²) in [6.07, 6.45) is -0.349. The van der Waals surface area contributed by atoms with E-state index in [4.69, 9.17) is 0 Å². The number of rotatable bonds is 7. The zero-order valence-corrected chi connectivity index (χ0v) is 20.8. The fraction of sp³-hybridized carbons (Fsp3) is 0.480. The van der Waals surface area contributed by atoms with Crippen molar-refractivity contribution in [1.82, 2.24) is 25.2 Å². The van der Waals surface area contributed by atoms with Crippen LogP contribution in [0.2, 0.25) is 0 Å². The number of piperidine rings is 1. The largest absolute Gasteiger partial charge is 0.419 e. The summed E-state index contributed by atoms with van der Waals surface area (Å²) in [7, 11) is 0. The molecule has 1 atom stereocenters. The second-order valence-electron chi connectivity index (χ2n) is 10.00. The Bertz CT molecular complexity index is 1260. The number of aliphatic hydroxyl groups is 1. The third-order valence-electron chi connectivity index (χ3n) is 6.43. The van der Waals surface area contributed by atoms with Crippen molar-refractivity contribution in [3.8, 4) is 0 Å². The van der Waals surface area contributed by atoms with E-state index >= 15 is 0 Å². The summed E-state index contributed by atoms with van der Waals surface area (Å²) in [4.78, 5) is 19.5. The number of hydrogen-bond acceptors (Lipinski definition) is 6. The number of amides is 1. The summed E-state index contributed by atoms with van der Waals surface area (Å²) in [6, 6.07) is 3.90. The van der Waals surface area contributed by atoms with Gasteiger partial charge in [-0.2, -0.15) is 18.3 Å². The average molecular weight is 523 g/mol. The number of aromatic nitrogens is 3. The zero-order chi connectivity index (χ0) is 27.0. The molecule has 0 unspecified atom stereocenters. The van der Waals surface area contributed by atoms with E-state index in [2.05, 4.69) is 25.6 Å². The number of anilines is 1. The molecule has 1 aromatic carbocycles. The highest BCUT2D eigenvalue weighted by atomic mass is 19.4. The summed E-state index contributed by atoms with van der Waals surface area (Å²) in [5, 5.41) is 20.1. The molecule has 0 aliphatic carbocycles. The van der Waals surface area contributed by atoms with Crippen molar-refractivity contribution in [1.29, 1.82) is 0 Å². The first kappa shape index (κ1) is 26.8. The van der Waals surface area contributed by atoms with Gasteiger partial charge in [0.05, 0.1) is 28.5 Å². The molecule has 1 fully saturated rings. The summed E-state index contributed by atoms with van der Waals surface area (Å²) in [5.41, 5.74) is -0.959. The minimum absolute atomic E-state index is 0.217. The van der Waals surface area contributed by atoms with Crippen molar-refractivity contribution in [2.24, 2.45) is 0 Å². The molecule has 200 valence electrons. The van der Waals surface area contributed by atoms with Crippen LogP contribution in [0.15, 0.2) is 36.8 Å². The molecule has 3 N–H and O–H groups in total. The predicted molar refractivity (Wildman–Crippen MR) is 130 cm³/mol. The van der Waals surface area contributed by atoms with Crippen molar-refractivity contribution in [2.75, 3.05) is 24.5 Å². The van der Waals surface area contributed by atoms with Gasteiger partial charge >= 0.3 is 6.18 Å². The first-order valence-electron chi connectivity index (χ1n) is 12.0. The molecule has 0 spiro atoms. The monoisotopic (exact) mass is 522 g/mol. The van der Waals surface area contributed by atoms with Gasteiger partial charge in [-0.05, 0) is 45.7 Å². The number of nitrogens with zero attached hydrogens (tertiary/aromatic N) is 4. The van der Waals surface area contributed by atoms with Crippen LogP contribution in [0.1, 0.15) is 61.1 Å². The summed E-state index contributed by atoms with van der Waals surface area (Å²) in [5.74, 6) is -1.99. The highest BCUT2D eigenvalue weighted by molar-refractivity contribution is 5.96. The number of alkyl halides is 3. The van der Waals surface area contributed by atoms with Gasteiger partial charge in [0.1, 0.15) is 12.1 Å². The van der Waals surface area contributed by atoms with Gasteiger partial charge < -0.3 is 20.6 Å². The van der Waals surface area contributed by atoms with Crippen LogP contribution >= 0.6 is 0 Å². The Morgan fingerprint density at radius 1 is 1.24 bits per heavy atom. The summed E-state index contributed by atoms with van der Waals surface area (Å²) < 4.78 is 55.4. The van der Waals surface area contributed by atoms with E-state index < -0.39 is 35.1 Å². The van der Waals surface area contributed by atoms with Crippen LogP contribution in [-0.4, -0.2) is 56.9 Å². The van der Waals surface area contributed by atoms with E-state index in [0.717, 1.165) is 18.9 Å². The molecular weight excluding hydrogens is 492 g/mol. The SMILES string of the molecule is C[C@@H](NC(=O)c1cc(N2CCC(NCC(C)(C)O)CC2)c2ncnn2c1)c1cccc(C(F)(F)F)c1F. The van der Waals surface area contributed by atoms with Crippen LogP contribution in [-0.2, 0) is 6.18 Å². The Morgan fingerprint density at radius 2 is 1.95 bits per heavy atom. The lowest BCUT2D eigenvalue weighted by Gasteiger charge is -2.35. The molecule has 1 aliphatic heterocycles. The van der Waals surface area contributed by atoms with E-state index in [1.807, 2.05) is 0 Å². The van der Waals surface area contributed by atoms with Gasteiger partial charge in [0.2, 0.25) is 0 Å². The van der Waals surface area contributed by atoms with Crippen molar-refractivity contribution in [2.45, 2.75) is 57.5 Å². The lowest BCUT2D eigenvalue weighted by Crippen LogP contribution is -2.46. The molecule has 0 saturated carbocycles. The van der Waals surface area contributed by atoms with Gasteiger partial charge in [-0.3, -0.25) is 4.79 Å². The quantitative estimate of drug-likeness (QED) is 0.410. The van der Waals surface area contributed by atoms with Crippen LogP contribution in [0, 0.1) is 5.82 Å². The number of nitrogens with one attached hydrogen (secondary N) is 2. The zero-order valence-electron chi connectivity index (χ0n) is 20.8. The molecule has 0 bridgehead atoms. The molecule has 4 rings (SSSR count). The number of pyridine rings is 1.